The van der Waals surface area contributed by atoms with Gasteiger partial charge in [0.1, 0.15) is 11.7 Å². The molecule has 0 spiro atoms. The number of rotatable bonds is 4. The monoisotopic (exact) mass is 312 g/mol. The van der Waals surface area contributed by atoms with Gasteiger partial charge in [-0.2, -0.15) is 4.98 Å². The molecule has 0 unspecified atom stereocenters. The number of hydrogen-bond acceptors (Lipinski definition) is 5. The second-order valence-electron chi connectivity index (χ2n) is 5.33. The van der Waals surface area contributed by atoms with E-state index in [1.54, 1.807) is 23.3 Å². The van der Waals surface area contributed by atoms with E-state index in [9.17, 15) is 9.59 Å². The minimum Gasteiger partial charge on any atom is -0.275 e. The Morgan fingerprint density at radius 1 is 1.35 bits per heavy atom. The summed E-state index contributed by atoms with van der Waals surface area (Å²) >= 11 is 0. The molecular weight excluding hydrogens is 296 g/mol. The molecule has 8 heteroatoms. The fourth-order valence-electron chi connectivity index (χ4n) is 2.41. The first-order valence-electron chi connectivity index (χ1n) is 7.16. The van der Waals surface area contributed by atoms with Crippen LogP contribution in [0.25, 0.3) is 17.0 Å². The Hall–Kier alpha value is -3.03. The quantitative estimate of drug-likeness (QED) is 0.668. The summed E-state index contributed by atoms with van der Waals surface area (Å²) in [6.45, 7) is 7.46. The van der Waals surface area contributed by atoms with Crippen LogP contribution >= 0.6 is 0 Å². The highest BCUT2D eigenvalue weighted by atomic mass is 16.2. The molecule has 0 aromatic carbocycles. The van der Waals surface area contributed by atoms with E-state index in [0.29, 0.717) is 17.0 Å². The van der Waals surface area contributed by atoms with Crippen LogP contribution in [0, 0.1) is 0 Å². The van der Waals surface area contributed by atoms with Gasteiger partial charge in [0.05, 0.1) is 0 Å². The van der Waals surface area contributed by atoms with Crippen molar-refractivity contribution in [3.05, 3.63) is 58.4 Å². The summed E-state index contributed by atoms with van der Waals surface area (Å²) in [6, 6.07) is -0.160. The Balaban J connectivity index is 2.41. The average Bonchev–Trinajstić information content (AvgIpc) is 3.05. The number of hydrogen-bond donors (Lipinski definition) is 0. The molecule has 0 aliphatic carbocycles. The summed E-state index contributed by atoms with van der Waals surface area (Å²) < 4.78 is 4.24. The molecule has 3 aromatic rings. The van der Waals surface area contributed by atoms with Gasteiger partial charge < -0.3 is 0 Å². The molecule has 118 valence electrons. The molecule has 0 fully saturated rings. The van der Waals surface area contributed by atoms with E-state index in [1.165, 1.54) is 16.8 Å². The fraction of sp³-hybridized carbons (Fsp3) is 0.267. The summed E-state index contributed by atoms with van der Waals surface area (Å²) in [5.74, 6) is 0.352. The van der Waals surface area contributed by atoms with Crippen LogP contribution in [-0.4, -0.2) is 28.7 Å². The third-order valence-electron chi connectivity index (χ3n) is 3.46. The van der Waals surface area contributed by atoms with Crippen molar-refractivity contribution in [1.29, 1.82) is 0 Å². The lowest BCUT2D eigenvalue weighted by molar-refractivity contribution is 0.540. The zero-order chi connectivity index (χ0) is 16.6. The maximum absolute atomic E-state index is 12.6. The van der Waals surface area contributed by atoms with E-state index >= 15 is 0 Å². The van der Waals surface area contributed by atoms with Gasteiger partial charge in [-0.1, -0.05) is 6.08 Å². The SMILES string of the molecule is C=CCn1c(=O)c2cnc(-n3ccnc3)nc2n(C(C)C)c1=O. The van der Waals surface area contributed by atoms with Gasteiger partial charge in [-0.3, -0.25) is 18.5 Å². The van der Waals surface area contributed by atoms with E-state index in [1.807, 2.05) is 13.8 Å². The highest BCUT2D eigenvalue weighted by molar-refractivity contribution is 5.73. The van der Waals surface area contributed by atoms with Crippen LogP contribution in [0.15, 0.2) is 47.2 Å². The van der Waals surface area contributed by atoms with Crippen molar-refractivity contribution < 1.29 is 0 Å². The molecule has 3 rings (SSSR count). The van der Waals surface area contributed by atoms with Crippen LogP contribution in [0.1, 0.15) is 19.9 Å². The second-order valence-corrected chi connectivity index (χ2v) is 5.33. The number of aromatic nitrogens is 6. The van der Waals surface area contributed by atoms with E-state index in [2.05, 4.69) is 21.5 Å². The van der Waals surface area contributed by atoms with Crippen molar-refractivity contribution in [1.82, 2.24) is 28.7 Å². The summed E-state index contributed by atoms with van der Waals surface area (Å²) in [5.41, 5.74) is -0.513. The van der Waals surface area contributed by atoms with Crippen molar-refractivity contribution in [2.75, 3.05) is 0 Å². The smallest absolute Gasteiger partial charge is 0.275 e. The van der Waals surface area contributed by atoms with Crippen LogP contribution in [-0.2, 0) is 6.54 Å². The topological polar surface area (TPSA) is 87.6 Å². The molecule has 0 aliphatic heterocycles. The third-order valence-corrected chi connectivity index (χ3v) is 3.46. The van der Waals surface area contributed by atoms with Gasteiger partial charge in [0, 0.05) is 31.2 Å². The molecule has 0 atom stereocenters. The van der Waals surface area contributed by atoms with Crippen LogP contribution in [0.5, 0.6) is 0 Å². The van der Waals surface area contributed by atoms with E-state index in [0.717, 1.165) is 4.57 Å². The lowest BCUT2D eigenvalue weighted by Crippen LogP contribution is -2.41. The van der Waals surface area contributed by atoms with Crippen molar-refractivity contribution in [2.24, 2.45) is 0 Å². The Morgan fingerprint density at radius 2 is 2.13 bits per heavy atom. The van der Waals surface area contributed by atoms with Crippen molar-refractivity contribution >= 4 is 11.0 Å². The predicted octanol–water partition coefficient (Wildman–Crippen LogP) is 0.906. The highest BCUT2D eigenvalue weighted by Gasteiger charge is 2.17. The number of allylic oxidation sites excluding steroid dienone is 1. The number of fused-ring (bicyclic) bond motifs is 1. The van der Waals surface area contributed by atoms with Crippen molar-refractivity contribution in [3.63, 3.8) is 0 Å². The van der Waals surface area contributed by atoms with E-state index in [4.69, 9.17) is 0 Å². The molecule has 8 nitrogen and oxygen atoms in total. The minimum absolute atomic E-state index is 0.142. The summed E-state index contributed by atoms with van der Waals surface area (Å²) in [7, 11) is 0. The van der Waals surface area contributed by atoms with Crippen molar-refractivity contribution in [3.8, 4) is 5.95 Å². The van der Waals surface area contributed by atoms with Crippen molar-refractivity contribution in [2.45, 2.75) is 26.4 Å². The Kier molecular flexibility index (Phi) is 3.65. The zero-order valence-electron chi connectivity index (χ0n) is 12.9. The molecule has 0 N–H and O–H groups in total. The summed E-state index contributed by atoms with van der Waals surface area (Å²) in [4.78, 5) is 37.7. The van der Waals surface area contributed by atoms with Crippen LogP contribution in [0.4, 0.5) is 0 Å². The minimum atomic E-state index is -0.418. The lowest BCUT2D eigenvalue weighted by atomic mass is 10.3. The molecule has 0 aliphatic rings. The molecule has 0 bridgehead atoms. The van der Waals surface area contributed by atoms with Gasteiger partial charge in [-0.15, -0.1) is 6.58 Å². The first-order chi connectivity index (χ1) is 11.0. The van der Waals surface area contributed by atoms with E-state index in [-0.39, 0.29) is 12.6 Å². The fourth-order valence-corrected chi connectivity index (χ4v) is 2.41. The third kappa shape index (κ3) is 2.37. The van der Waals surface area contributed by atoms with Gasteiger partial charge in [-0.25, -0.2) is 14.8 Å². The molecule has 0 radical (unpaired) electrons. The molecule has 0 saturated carbocycles. The normalized spacial score (nSPS) is 11.3. The van der Waals surface area contributed by atoms with Gasteiger partial charge in [-0.05, 0) is 13.8 Å². The standard InChI is InChI=1S/C15H16N6O2/c1-4-6-20-13(22)11-8-17-14(19-7-5-16-9-19)18-12(11)21(10(2)3)15(20)23/h4-5,7-10H,1,6H2,2-3H3. The Bertz CT molecular complexity index is 982. The molecule has 3 heterocycles. The van der Waals surface area contributed by atoms with Gasteiger partial charge in [0.2, 0.25) is 5.95 Å². The van der Waals surface area contributed by atoms with Gasteiger partial charge in [0.25, 0.3) is 5.56 Å². The number of imidazole rings is 1. The first kappa shape index (κ1) is 14.9. The van der Waals surface area contributed by atoms with Crippen LogP contribution < -0.4 is 11.2 Å². The second kappa shape index (κ2) is 5.64. The summed E-state index contributed by atoms with van der Waals surface area (Å²) in [6.07, 6.45) is 7.80. The lowest BCUT2D eigenvalue weighted by Gasteiger charge is -2.15. The number of nitrogens with zero attached hydrogens (tertiary/aromatic N) is 6. The molecular formula is C15H16N6O2. The maximum Gasteiger partial charge on any atom is 0.333 e. The largest absolute Gasteiger partial charge is 0.333 e. The predicted molar refractivity (Wildman–Crippen MR) is 85.8 cm³/mol. The average molecular weight is 312 g/mol. The maximum atomic E-state index is 12.6. The Labute approximate surface area is 131 Å². The molecule has 0 amide bonds. The highest BCUT2D eigenvalue weighted by Crippen LogP contribution is 2.11. The van der Waals surface area contributed by atoms with Crippen LogP contribution in [0.3, 0.4) is 0 Å². The molecule has 3 aromatic heterocycles. The van der Waals surface area contributed by atoms with E-state index < -0.39 is 11.2 Å². The van der Waals surface area contributed by atoms with Crippen LogP contribution in [0.2, 0.25) is 0 Å². The molecule has 0 saturated heterocycles. The first-order valence-corrected chi connectivity index (χ1v) is 7.16. The summed E-state index contributed by atoms with van der Waals surface area (Å²) in [5, 5.41) is 0.295. The Morgan fingerprint density at radius 3 is 2.74 bits per heavy atom. The molecule has 23 heavy (non-hydrogen) atoms. The zero-order valence-corrected chi connectivity index (χ0v) is 12.9. The van der Waals surface area contributed by atoms with Gasteiger partial charge in [0.15, 0.2) is 5.65 Å². The van der Waals surface area contributed by atoms with Gasteiger partial charge >= 0.3 is 5.69 Å².